The van der Waals surface area contributed by atoms with E-state index in [1.807, 2.05) is 24.3 Å². The van der Waals surface area contributed by atoms with Crippen molar-refractivity contribution in [2.75, 3.05) is 13.1 Å². The molecular formula is C45H57N3O4. The van der Waals surface area contributed by atoms with E-state index in [9.17, 15) is 9.90 Å². The number of nitrogens with one attached hydrogen (secondary N) is 2. The molecule has 4 bridgehead atoms. The molecule has 5 aliphatic carbocycles. The summed E-state index contributed by atoms with van der Waals surface area (Å²) in [6.07, 6.45) is 13.9. The lowest BCUT2D eigenvalue weighted by Gasteiger charge is -2.56. The van der Waals surface area contributed by atoms with Gasteiger partial charge in [-0.25, -0.2) is 4.79 Å². The molecule has 5 saturated carbocycles. The van der Waals surface area contributed by atoms with Crippen LogP contribution < -0.4 is 10.6 Å². The number of aliphatic hydroxyl groups is 1. The van der Waals surface area contributed by atoms with E-state index < -0.39 is 6.29 Å². The van der Waals surface area contributed by atoms with Gasteiger partial charge < -0.3 is 25.2 Å². The van der Waals surface area contributed by atoms with Gasteiger partial charge in [0.05, 0.1) is 18.8 Å². The van der Waals surface area contributed by atoms with Crippen LogP contribution in [0.1, 0.15) is 106 Å². The van der Waals surface area contributed by atoms with Crippen molar-refractivity contribution in [2.24, 2.45) is 23.7 Å². The molecule has 1 heterocycles. The summed E-state index contributed by atoms with van der Waals surface area (Å²) >= 11 is 0. The zero-order chi connectivity index (χ0) is 35.7. The lowest BCUT2D eigenvalue weighted by molar-refractivity contribution is -0.276. The number of hydrogen-bond donors (Lipinski definition) is 3. The fourth-order valence-electron chi connectivity index (χ4n) is 10.9. The number of aliphatic hydroxyl groups excluding tert-OH is 1. The number of ether oxygens (including phenoxy) is 2. The Hall–Kier alpha value is -3.49. The van der Waals surface area contributed by atoms with E-state index in [1.54, 1.807) is 0 Å². The number of benzene rings is 3. The van der Waals surface area contributed by atoms with Crippen LogP contribution in [0, 0.1) is 23.7 Å². The molecule has 3 aromatic carbocycles. The second-order valence-corrected chi connectivity index (χ2v) is 16.8. The number of carbonyl (C=O) groups is 1. The third-order valence-electron chi connectivity index (χ3n) is 13.1. The molecule has 4 atom stereocenters. The Kier molecular flexibility index (Phi) is 10.6. The standard InChI is InChI=1S/C45H57N3O4/c1-3-20-48(39-9-5-6-10-39)28-41-30(2)42(36-14-12-31(29-49)13-15-36)52-43(51-41)37-18-16-35(17-19-37)40-11-7-4-8-38(40)27-46-44(50)47-45-24-32-21-33(25-45)23-34(22-32)26-45/h3-4,7-8,11-19,30,32-34,39,41-43,49H,1,5-6,9-10,20-29H2,2H3,(H2,46,47,50)/t30-,32?,33?,34?,41+,42+,43+,45?/m1/s1. The highest BCUT2D eigenvalue weighted by Crippen LogP contribution is 2.55. The first-order valence-corrected chi connectivity index (χ1v) is 20.0. The van der Waals surface area contributed by atoms with Crippen molar-refractivity contribution in [3.8, 4) is 11.1 Å². The van der Waals surface area contributed by atoms with Crippen molar-refractivity contribution in [1.29, 1.82) is 0 Å². The molecule has 9 rings (SSSR count). The second kappa shape index (κ2) is 15.5. The van der Waals surface area contributed by atoms with Gasteiger partial charge in [-0.15, -0.1) is 6.58 Å². The Labute approximate surface area is 310 Å². The average Bonchev–Trinajstić information content (AvgIpc) is 3.69. The maximum Gasteiger partial charge on any atom is 0.315 e. The van der Waals surface area contributed by atoms with E-state index in [2.05, 4.69) is 83.6 Å². The number of nitrogens with zero attached hydrogens (tertiary/aromatic N) is 1. The maximum atomic E-state index is 13.3. The van der Waals surface area contributed by atoms with Crippen molar-refractivity contribution in [3.63, 3.8) is 0 Å². The van der Waals surface area contributed by atoms with E-state index in [1.165, 1.54) is 44.9 Å². The van der Waals surface area contributed by atoms with Crippen molar-refractivity contribution in [3.05, 3.63) is 108 Å². The minimum atomic E-state index is -0.517. The number of urea groups is 1. The summed E-state index contributed by atoms with van der Waals surface area (Å²) in [5, 5.41) is 16.3. The molecule has 7 nitrogen and oxygen atoms in total. The zero-order valence-corrected chi connectivity index (χ0v) is 30.9. The van der Waals surface area contributed by atoms with Crippen LogP contribution in [0.25, 0.3) is 11.1 Å². The monoisotopic (exact) mass is 703 g/mol. The highest BCUT2D eigenvalue weighted by atomic mass is 16.7. The van der Waals surface area contributed by atoms with E-state index in [4.69, 9.17) is 9.47 Å². The van der Waals surface area contributed by atoms with Crippen LogP contribution in [-0.2, 0) is 22.6 Å². The van der Waals surface area contributed by atoms with Gasteiger partial charge in [0.25, 0.3) is 0 Å². The van der Waals surface area contributed by atoms with Crippen LogP contribution in [-0.4, -0.2) is 46.8 Å². The summed E-state index contributed by atoms with van der Waals surface area (Å²) in [6, 6.07) is 25.6. The number of amides is 2. The maximum absolute atomic E-state index is 13.3. The SMILES string of the molecule is C=CCN(C[C@@H]1O[C@H](c2ccc(-c3ccccc3CNC(=O)NC34CC5CC(CC(C5)C3)C4)cc2)O[C@H](c2ccc(CO)cc2)[C@@H]1C)C1CCCC1. The first-order valence-electron chi connectivity index (χ1n) is 20.0. The van der Waals surface area contributed by atoms with Crippen molar-refractivity contribution < 1.29 is 19.4 Å². The molecule has 52 heavy (non-hydrogen) atoms. The predicted molar refractivity (Wildman–Crippen MR) is 205 cm³/mol. The fourth-order valence-corrected chi connectivity index (χ4v) is 10.9. The van der Waals surface area contributed by atoms with Crippen LogP contribution in [0.3, 0.4) is 0 Å². The summed E-state index contributed by atoms with van der Waals surface area (Å²) in [5.74, 6) is 2.51. The molecule has 0 radical (unpaired) electrons. The van der Waals surface area contributed by atoms with Crippen LogP contribution in [0.4, 0.5) is 4.79 Å². The first kappa shape index (κ1) is 35.5. The second-order valence-electron chi connectivity index (χ2n) is 16.8. The molecule has 1 saturated heterocycles. The molecule has 276 valence electrons. The molecule has 0 unspecified atom stereocenters. The Morgan fingerprint density at radius 2 is 1.56 bits per heavy atom. The number of hydrogen-bond acceptors (Lipinski definition) is 5. The van der Waals surface area contributed by atoms with Gasteiger partial charge in [0.15, 0.2) is 6.29 Å². The Balaban J connectivity index is 0.974. The van der Waals surface area contributed by atoms with Gasteiger partial charge in [0.1, 0.15) is 0 Å². The molecule has 3 N–H and O–H groups in total. The number of rotatable bonds is 12. The molecule has 1 aliphatic heterocycles. The van der Waals surface area contributed by atoms with Gasteiger partial charge in [-0.1, -0.05) is 98.6 Å². The largest absolute Gasteiger partial charge is 0.392 e. The lowest BCUT2D eigenvalue weighted by Crippen LogP contribution is -2.61. The van der Waals surface area contributed by atoms with Crippen LogP contribution in [0.2, 0.25) is 0 Å². The molecule has 2 amide bonds. The minimum Gasteiger partial charge on any atom is -0.392 e. The third kappa shape index (κ3) is 7.61. The summed E-state index contributed by atoms with van der Waals surface area (Å²) in [4.78, 5) is 15.9. The Bertz CT molecular complexity index is 1650. The van der Waals surface area contributed by atoms with E-state index in [0.717, 1.165) is 83.5 Å². The minimum absolute atomic E-state index is 0.00340. The first-order chi connectivity index (χ1) is 25.4. The third-order valence-corrected chi connectivity index (χ3v) is 13.1. The van der Waals surface area contributed by atoms with Crippen molar-refractivity contribution in [2.45, 2.75) is 114 Å². The van der Waals surface area contributed by atoms with Gasteiger partial charge in [0, 0.05) is 42.7 Å². The van der Waals surface area contributed by atoms with Crippen LogP contribution in [0.15, 0.2) is 85.5 Å². The van der Waals surface area contributed by atoms with Crippen LogP contribution in [0.5, 0.6) is 0 Å². The van der Waals surface area contributed by atoms with Gasteiger partial charge >= 0.3 is 6.03 Å². The summed E-state index contributed by atoms with van der Waals surface area (Å²) in [6.45, 7) is 8.49. The van der Waals surface area contributed by atoms with E-state index in [-0.39, 0.29) is 36.3 Å². The van der Waals surface area contributed by atoms with E-state index >= 15 is 0 Å². The molecule has 6 fully saturated rings. The highest BCUT2D eigenvalue weighted by molar-refractivity contribution is 5.76. The Morgan fingerprint density at radius 1 is 0.904 bits per heavy atom. The van der Waals surface area contributed by atoms with E-state index in [0.29, 0.717) is 12.6 Å². The average molecular weight is 704 g/mol. The van der Waals surface area contributed by atoms with Gasteiger partial charge in [-0.05, 0) is 96.9 Å². The molecule has 7 heteroatoms. The van der Waals surface area contributed by atoms with Crippen LogP contribution >= 0.6 is 0 Å². The summed E-state index contributed by atoms with van der Waals surface area (Å²) in [5.41, 5.74) is 6.28. The highest BCUT2D eigenvalue weighted by Gasteiger charge is 2.51. The fraction of sp³-hybridized carbons (Fsp3) is 0.533. The van der Waals surface area contributed by atoms with Crippen molar-refractivity contribution >= 4 is 6.03 Å². The topological polar surface area (TPSA) is 83.1 Å². The summed E-state index contributed by atoms with van der Waals surface area (Å²) in [7, 11) is 0. The normalized spacial score (nSPS) is 31.2. The number of carbonyl (C=O) groups excluding carboxylic acids is 1. The van der Waals surface area contributed by atoms with Gasteiger partial charge in [0.2, 0.25) is 0 Å². The van der Waals surface area contributed by atoms with Gasteiger partial charge in [-0.2, -0.15) is 0 Å². The lowest BCUT2D eigenvalue weighted by atomic mass is 9.53. The molecular weight excluding hydrogens is 647 g/mol. The zero-order valence-electron chi connectivity index (χ0n) is 30.9. The van der Waals surface area contributed by atoms with Gasteiger partial charge in [-0.3, -0.25) is 4.90 Å². The Morgan fingerprint density at radius 3 is 2.21 bits per heavy atom. The predicted octanol–water partition coefficient (Wildman–Crippen LogP) is 8.84. The molecule has 3 aromatic rings. The quantitative estimate of drug-likeness (QED) is 0.164. The summed E-state index contributed by atoms with van der Waals surface area (Å²) < 4.78 is 13.7. The molecule has 0 spiro atoms. The smallest absolute Gasteiger partial charge is 0.315 e. The molecule has 0 aromatic heterocycles. The van der Waals surface area contributed by atoms with Crippen molar-refractivity contribution in [1.82, 2.24) is 15.5 Å². The molecule has 6 aliphatic rings.